The predicted octanol–water partition coefficient (Wildman–Crippen LogP) is 19.7. The molecule has 0 N–H and O–H groups in total. The fraction of sp³-hybridized carbons (Fsp3) is 0. The maximum absolute atomic E-state index is 12.4. The lowest BCUT2D eigenvalue weighted by atomic mass is 9.88. The zero-order valence-electron chi connectivity index (χ0n) is 50.6. The smallest absolute Gasteiger partial charge is 0.220 e. The average Bonchev–Trinajstić information content (AvgIpc) is 1.50. The first kappa shape index (κ1) is 31.7. The number of rotatable bonds is 6. The van der Waals surface area contributed by atoms with Gasteiger partial charge >= 0.3 is 0 Å². The summed E-state index contributed by atoms with van der Waals surface area (Å²) in [5, 5.41) is 14.1. The summed E-state index contributed by atoms with van der Waals surface area (Å²) < 4.78 is 117. The lowest BCUT2D eigenvalue weighted by molar-refractivity contribution is 1.14. The van der Waals surface area contributed by atoms with Crippen molar-refractivity contribution in [3.63, 3.8) is 0 Å². The Hall–Kier alpha value is -9.56. The molecule has 0 atom stereocenters. The molecule has 6 heteroatoms. The van der Waals surface area contributed by atoms with Crippen LogP contribution in [0.1, 0.15) is 22.0 Å². The van der Waals surface area contributed by atoms with Crippen LogP contribution < -0.4 is 0 Å². The molecule has 4 nitrogen and oxygen atoms in total. The number of nitriles is 1. The second-order valence-electron chi connectivity index (χ2n) is 18.0. The molecule has 4 aromatic heterocycles. The summed E-state index contributed by atoms with van der Waals surface area (Å²) >= 11 is 1.95. The van der Waals surface area contributed by atoms with Gasteiger partial charge in [-0.05, 0) is 69.7 Å². The van der Waals surface area contributed by atoms with E-state index in [0.29, 0.717) is 33.4 Å². The van der Waals surface area contributed by atoms with Gasteiger partial charge in [-0.25, -0.2) is 4.85 Å². The number of benzene rings is 11. The molecule has 0 radical (unpaired) electrons. The Bertz CT molecular complexity index is 5370. The number of nitrogens with zero attached hydrogens (tertiary/aromatic N) is 4. The Morgan fingerprint density at radius 2 is 0.851 bits per heavy atom. The number of hydrogen-bond donors (Lipinski definition) is 0. The van der Waals surface area contributed by atoms with Crippen LogP contribution in [0.4, 0.5) is 5.69 Å². The van der Waals surface area contributed by atoms with E-state index in [0.717, 1.165) is 55.7 Å². The summed E-state index contributed by atoms with van der Waals surface area (Å²) in [6.07, 6.45) is 0. The van der Waals surface area contributed by atoms with Gasteiger partial charge in [0.2, 0.25) is 5.69 Å². The molecule has 74 heavy (non-hydrogen) atoms. The predicted molar refractivity (Wildman–Crippen MR) is 314 cm³/mol. The van der Waals surface area contributed by atoms with Crippen molar-refractivity contribution >= 4 is 112 Å². The molecule has 0 aliphatic heterocycles. The number of aromatic nitrogens is 2. The molecular weight excluding hydrogens is 937 g/mol. The second kappa shape index (κ2) is 16.5. The summed E-state index contributed by atoms with van der Waals surface area (Å²) in [5.41, 5.74) is 7.65. The third-order valence-electron chi connectivity index (χ3n) is 14.1. The highest BCUT2D eigenvalue weighted by atomic mass is 32.1. The van der Waals surface area contributed by atoms with Gasteiger partial charge in [0.25, 0.3) is 0 Å². The van der Waals surface area contributed by atoms with Crippen molar-refractivity contribution in [3.8, 4) is 62.0 Å². The Labute approximate surface area is 450 Å². The van der Waals surface area contributed by atoms with Gasteiger partial charge in [0.1, 0.15) is 6.07 Å². The van der Waals surface area contributed by atoms with E-state index in [1.165, 1.54) is 0 Å². The van der Waals surface area contributed by atoms with Gasteiger partial charge in [0.15, 0.2) is 0 Å². The standard InChI is InChI=1S/C68H38N4S2/c1-70-62-60(43-22-10-4-11-23-43)55(40-69)63(72-64-49(32-34-51-47-26-14-16-28-58(47)73-67(51)64)50-33-35-52-48-27-15-17-29-59(48)74-68(52)65(50)72)61(44-24-12-5-13-25-44)66(62)71-56-36-30-45(41-18-6-2-7-19-41)38-53(56)54-39-46(31-37-57(54)71)42-20-8-3-9-21-42/h2-39H/i14D,15D,16D,17D,26D,27D,28D,29D,32D,33D,34D,35D. The van der Waals surface area contributed by atoms with Gasteiger partial charge in [0.05, 0.1) is 71.4 Å². The zero-order chi connectivity index (χ0) is 59.5. The van der Waals surface area contributed by atoms with Crippen molar-refractivity contribution in [3.05, 3.63) is 247 Å². The van der Waals surface area contributed by atoms with Gasteiger partial charge in [-0.2, -0.15) is 5.26 Å². The quantitative estimate of drug-likeness (QED) is 0.153. The van der Waals surface area contributed by atoms with Crippen LogP contribution in [-0.4, -0.2) is 9.13 Å². The first-order valence-corrected chi connectivity index (χ1v) is 25.3. The summed E-state index contributed by atoms with van der Waals surface area (Å²) in [7, 11) is 0. The summed E-state index contributed by atoms with van der Waals surface area (Å²) in [4.78, 5) is 4.48. The van der Waals surface area contributed by atoms with E-state index >= 15 is 0 Å². The van der Waals surface area contributed by atoms with E-state index in [2.05, 4.69) is 27.6 Å². The van der Waals surface area contributed by atoms with Crippen LogP contribution in [0.5, 0.6) is 0 Å². The minimum Gasteiger partial charge on any atom is -0.318 e. The molecule has 0 saturated carbocycles. The highest BCUT2D eigenvalue weighted by Gasteiger charge is 2.33. The number of thiophene rings is 2. The Morgan fingerprint density at radius 3 is 1.31 bits per heavy atom. The van der Waals surface area contributed by atoms with Crippen LogP contribution in [0.25, 0.3) is 145 Å². The van der Waals surface area contributed by atoms with E-state index in [4.69, 9.17) is 5.48 Å². The first-order valence-electron chi connectivity index (χ1n) is 29.7. The van der Waals surface area contributed by atoms with Gasteiger partial charge in [-0.15, -0.1) is 22.7 Å². The van der Waals surface area contributed by atoms with Crippen LogP contribution in [0, 0.1) is 17.9 Å². The van der Waals surface area contributed by atoms with Crippen LogP contribution in [0.15, 0.2) is 230 Å². The Kier molecular flexibility index (Phi) is 7.07. The molecule has 15 aromatic rings. The largest absolute Gasteiger partial charge is 0.318 e. The fourth-order valence-electron chi connectivity index (χ4n) is 11.0. The molecule has 0 fully saturated rings. The summed E-state index contributed by atoms with van der Waals surface area (Å²) in [5.74, 6) is 0. The Morgan fingerprint density at radius 1 is 0.419 bits per heavy atom. The van der Waals surface area contributed by atoms with Crippen LogP contribution >= 0.6 is 22.7 Å². The van der Waals surface area contributed by atoms with Crippen LogP contribution in [0.3, 0.4) is 0 Å². The second-order valence-corrected chi connectivity index (χ2v) is 20.0. The molecule has 0 saturated heterocycles. The van der Waals surface area contributed by atoms with Crippen molar-refractivity contribution in [2.45, 2.75) is 0 Å². The van der Waals surface area contributed by atoms with Gasteiger partial charge in [-0.1, -0.05) is 194 Å². The van der Waals surface area contributed by atoms with E-state index in [9.17, 15) is 22.8 Å². The first-order chi connectivity index (χ1) is 41.7. The highest BCUT2D eigenvalue weighted by molar-refractivity contribution is 7.27. The van der Waals surface area contributed by atoms with E-state index in [1.54, 1.807) is 4.57 Å². The minimum absolute atomic E-state index is 0.00368. The van der Waals surface area contributed by atoms with Crippen LogP contribution in [-0.2, 0) is 0 Å². The molecule has 0 aliphatic rings. The van der Waals surface area contributed by atoms with E-state index < -0.39 is 60.4 Å². The number of fused-ring (bicyclic) bond motifs is 14. The molecule has 342 valence electrons. The van der Waals surface area contributed by atoms with Crippen molar-refractivity contribution in [1.82, 2.24) is 9.13 Å². The van der Waals surface area contributed by atoms with E-state index in [-0.39, 0.29) is 96.7 Å². The molecule has 11 aromatic carbocycles. The molecule has 0 aliphatic carbocycles. The van der Waals surface area contributed by atoms with Crippen molar-refractivity contribution in [2.24, 2.45) is 0 Å². The van der Waals surface area contributed by atoms with E-state index in [1.807, 2.05) is 146 Å². The lowest BCUT2D eigenvalue weighted by Crippen LogP contribution is -2.09. The normalized spacial score (nSPS) is 14.0. The molecule has 0 unspecified atom stereocenters. The maximum Gasteiger partial charge on any atom is 0.220 e. The highest BCUT2D eigenvalue weighted by Crippen LogP contribution is 2.55. The SMILES string of the molecule is [2H]c1c([2H])c([2H])c2c(sc3c2c([2H])c([2H])c2c4c([2H])c([2H])c5c(sc6c([2H])c([2H])c([2H])c([2H])c65)c4n(-c4c(C#N)c(-c5ccccc5)c([N+]#[C-])c(-n5c6ccc(-c7ccccc7)cc6c6cc(-c7ccccc7)ccc65)c4-c4ccccc4)c32)c1[2H]. The van der Waals surface area contributed by atoms with Gasteiger partial charge < -0.3 is 9.13 Å². The monoisotopic (exact) mass is 986 g/mol. The molecule has 0 spiro atoms. The lowest BCUT2D eigenvalue weighted by Gasteiger charge is -2.26. The minimum atomic E-state index is -0.545. The third kappa shape index (κ3) is 6.11. The van der Waals surface area contributed by atoms with Gasteiger partial charge in [-0.3, -0.25) is 0 Å². The molecule has 0 bridgehead atoms. The maximum atomic E-state index is 12.4. The zero-order valence-corrected chi connectivity index (χ0v) is 40.2. The molecular formula is C68H38N4S2. The number of hydrogen-bond acceptors (Lipinski definition) is 3. The molecule has 0 amide bonds. The van der Waals surface area contributed by atoms with Gasteiger partial charge in [0, 0.05) is 63.6 Å². The fourth-order valence-corrected chi connectivity index (χ4v) is 13.2. The molecule has 15 rings (SSSR count). The average molecular weight is 987 g/mol. The van der Waals surface area contributed by atoms with Crippen LogP contribution in [0.2, 0.25) is 0 Å². The summed E-state index contributed by atoms with van der Waals surface area (Å²) in [6.45, 7) is 9.49. The Balaban J connectivity index is 1.27. The topological polar surface area (TPSA) is 38.0 Å². The van der Waals surface area contributed by atoms with Crippen molar-refractivity contribution < 1.29 is 16.4 Å². The molecule has 4 heterocycles. The summed E-state index contributed by atoms with van der Waals surface area (Å²) in [6, 6.07) is 48.0. The van der Waals surface area contributed by atoms with Crippen molar-refractivity contribution in [2.75, 3.05) is 0 Å². The third-order valence-corrected chi connectivity index (χ3v) is 16.3. The van der Waals surface area contributed by atoms with Crippen molar-refractivity contribution in [1.29, 1.82) is 5.26 Å².